The van der Waals surface area contributed by atoms with Crippen molar-refractivity contribution in [2.75, 3.05) is 19.0 Å². The number of nitro benzene ring substituents is 1. The number of hydrogen-bond donors (Lipinski definition) is 1. The average Bonchev–Trinajstić information content (AvgIpc) is 2.91. The van der Waals surface area contributed by atoms with Crippen molar-refractivity contribution >= 4 is 17.3 Å². The normalized spacial score (nSPS) is 16.5. The number of nitro groups is 1. The quantitative estimate of drug-likeness (QED) is 0.511. The van der Waals surface area contributed by atoms with Gasteiger partial charge in [-0.05, 0) is 30.4 Å². The summed E-state index contributed by atoms with van der Waals surface area (Å²) in [5, 5.41) is 14.2. The summed E-state index contributed by atoms with van der Waals surface area (Å²) in [6.07, 6.45) is 4.62. The van der Waals surface area contributed by atoms with Gasteiger partial charge in [0.15, 0.2) is 0 Å². The molecule has 0 heterocycles. The number of ether oxygens (including phenoxy) is 1. The fourth-order valence-electron chi connectivity index (χ4n) is 2.80. The van der Waals surface area contributed by atoms with E-state index in [4.69, 9.17) is 0 Å². The van der Waals surface area contributed by atoms with Crippen molar-refractivity contribution < 1.29 is 14.5 Å². The molecule has 1 aromatic carbocycles. The van der Waals surface area contributed by atoms with E-state index in [9.17, 15) is 14.9 Å². The van der Waals surface area contributed by atoms with Gasteiger partial charge in [0.1, 0.15) is 5.69 Å². The van der Waals surface area contributed by atoms with Gasteiger partial charge in [0.05, 0.1) is 17.6 Å². The van der Waals surface area contributed by atoms with E-state index >= 15 is 0 Å². The fraction of sp³-hybridized carbons (Fsp3) is 0.533. The summed E-state index contributed by atoms with van der Waals surface area (Å²) < 4.78 is 4.65. The second-order valence-corrected chi connectivity index (χ2v) is 5.85. The summed E-state index contributed by atoms with van der Waals surface area (Å²) in [5.74, 6) is -0.500. The van der Waals surface area contributed by atoms with Crippen molar-refractivity contribution in [2.45, 2.75) is 32.6 Å². The van der Waals surface area contributed by atoms with E-state index in [1.807, 2.05) is 0 Å². The highest BCUT2D eigenvalue weighted by molar-refractivity contribution is 5.91. The Morgan fingerprint density at radius 3 is 2.67 bits per heavy atom. The van der Waals surface area contributed by atoms with Gasteiger partial charge in [0.25, 0.3) is 5.69 Å². The highest BCUT2D eigenvalue weighted by Gasteiger charge is 2.29. The lowest BCUT2D eigenvalue weighted by Gasteiger charge is -2.24. The van der Waals surface area contributed by atoms with Crippen molar-refractivity contribution in [1.82, 2.24) is 0 Å². The van der Waals surface area contributed by atoms with Crippen LogP contribution in [-0.4, -0.2) is 24.5 Å². The topological polar surface area (TPSA) is 81.5 Å². The molecule has 0 spiro atoms. The molecular formula is C15H20N2O4. The van der Waals surface area contributed by atoms with Crippen LogP contribution in [0.4, 0.5) is 11.4 Å². The van der Waals surface area contributed by atoms with Crippen LogP contribution in [0.15, 0.2) is 18.2 Å². The molecule has 6 nitrogen and oxygen atoms in total. The van der Waals surface area contributed by atoms with Crippen molar-refractivity contribution in [2.24, 2.45) is 5.41 Å². The third-order valence-electron chi connectivity index (χ3n) is 4.13. The van der Waals surface area contributed by atoms with Gasteiger partial charge in [0.2, 0.25) is 0 Å². The first kappa shape index (κ1) is 15.3. The van der Waals surface area contributed by atoms with E-state index in [1.54, 1.807) is 0 Å². The Hall–Kier alpha value is -2.11. The number of nitrogens with zero attached hydrogens (tertiary/aromatic N) is 1. The summed E-state index contributed by atoms with van der Waals surface area (Å²) >= 11 is 0. The first-order valence-corrected chi connectivity index (χ1v) is 7.06. The van der Waals surface area contributed by atoms with Crippen LogP contribution >= 0.6 is 0 Å². The number of nitrogens with one attached hydrogen (secondary N) is 1. The number of anilines is 1. The van der Waals surface area contributed by atoms with Crippen molar-refractivity contribution in [3.8, 4) is 0 Å². The highest BCUT2D eigenvalue weighted by Crippen LogP contribution is 2.38. The summed E-state index contributed by atoms with van der Waals surface area (Å²) in [6, 6.07) is 4.24. The molecule has 1 N–H and O–H groups in total. The maximum atomic E-state index is 11.6. The third-order valence-corrected chi connectivity index (χ3v) is 4.13. The molecule has 1 saturated carbocycles. The van der Waals surface area contributed by atoms with Crippen LogP contribution in [-0.2, 0) is 4.74 Å². The van der Waals surface area contributed by atoms with Crippen LogP contribution in [0.25, 0.3) is 0 Å². The van der Waals surface area contributed by atoms with Gasteiger partial charge in [-0.15, -0.1) is 0 Å². The average molecular weight is 292 g/mol. The summed E-state index contributed by atoms with van der Waals surface area (Å²) in [4.78, 5) is 22.2. The largest absolute Gasteiger partial charge is 0.465 e. The van der Waals surface area contributed by atoms with Crippen LogP contribution in [0.1, 0.15) is 43.0 Å². The first-order valence-electron chi connectivity index (χ1n) is 7.06. The Morgan fingerprint density at radius 2 is 2.10 bits per heavy atom. The van der Waals surface area contributed by atoms with E-state index in [2.05, 4.69) is 17.0 Å². The van der Waals surface area contributed by atoms with Crippen LogP contribution in [0, 0.1) is 15.5 Å². The monoisotopic (exact) mass is 292 g/mol. The lowest BCUT2D eigenvalue weighted by Crippen LogP contribution is -2.23. The second kappa shape index (κ2) is 6.11. The third kappa shape index (κ3) is 3.51. The molecule has 1 fully saturated rings. The van der Waals surface area contributed by atoms with E-state index in [0.717, 1.165) is 12.8 Å². The molecule has 0 atom stereocenters. The molecular weight excluding hydrogens is 272 g/mol. The number of hydrogen-bond acceptors (Lipinski definition) is 5. The molecule has 0 amide bonds. The van der Waals surface area contributed by atoms with Crippen LogP contribution in [0.5, 0.6) is 0 Å². The molecule has 0 saturated heterocycles. The first-order chi connectivity index (χ1) is 9.95. The molecule has 1 aromatic rings. The van der Waals surface area contributed by atoms with Crippen molar-refractivity contribution in [3.63, 3.8) is 0 Å². The molecule has 1 aliphatic rings. The molecule has 6 heteroatoms. The number of carbonyl (C=O) groups excluding carboxylic acids is 1. The van der Waals surface area contributed by atoms with E-state index in [-0.39, 0.29) is 11.1 Å². The van der Waals surface area contributed by atoms with Gasteiger partial charge in [0, 0.05) is 12.6 Å². The Bertz CT molecular complexity index is 551. The zero-order valence-corrected chi connectivity index (χ0v) is 12.3. The lowest BCUT2D eigenvalue weighted by atomic mass is 9.89. The minimum absolute atomic E-state index is 0.0238. The zero-order chi connectivity index (χ0) is 15.5. The SMILES string of the molecule is COC(=O)c1ccc([N+](=O)[O-])c(NCC2(C)CCCC2)c1. The zero-order valence-electron chi connectivity index (χ0n) is 12.3. The predicted octanol–water partition coefficient (Wildman–Crippen LogP) is 3.37. The minimum Gasteiger partial charge on any atom is -0.465 e. The Balaban J connectivity index is 2.22. The fourth-order valence-corrected chi connectivity index (χ4v) is 2.80. The standard InChI is InChI=1S/C15H20N2O4/c1-15(7-3-4-8-15)10-16-12-9-11(14(18)21-2)5-6-13(12)17(19)20/h5-6,9,16H,3-4,7-8,10H2,1-2H3. The second-order valence-electron chi connectivity index (χ2n) is 5.85. The Morgan fingerprint density at radius 1 is 1.43 bits per heavy atom. The van der Waals surface area contributed by atoms with E-state index < -0.39 is 10.9 Å². The highest BCUT2D eigenvalue weighted by atomic mass is 16.6. The maximum absolute atomic E-state index is 11.6. The van der Waals surface area contributed by atoms with Crippen molar-refractivity contribution in [3.05, 3.63) is 33.9 Å². The number of esters is 1. The van der Waals surface area contributed by atoms with Crippen LogP contribution in [0.3, 0.4) is 0 Å². The predicted molar refractivity (Wildman–Crippen MR) is 79.5 cm³/mol. The van der Waals surface area contributed by atoms with Crippen LogP contribution in [0.2, 0.25) is 0 Å². The van der Waals surface area contributed by atoms with E-state index in [1.165, 1.54) is 38.2 Å². The van der Waals surface area contributed by atoms with Gasteiger partial charge < -0.3 is 10.1 Å². The van der Waals surface area contributed by atoms with Gasteiger partial charge in [-0.25, -0.2) is 4.79 Å². The summed E-state index contributed by atoms with van der Waals surface area (Å²) in [6.45, 7) is 2.85. The number of carbonyl (C=O) groups is 1. The molecule has 0 aliphatic heterocycles. The number of methoxy groups -OCH3 is 1. The summed E-state index contributed by atoms with van der Waals surface area (Å²) in [5.41, 5.74) is 0.817. The smallest absolute Gasteiger partial charge is 0.337 e. The number of benzene rings is 1. The lowest BCUT2D eigenvalue weighted by molar-refractivity contribution is -0.384. The molecule has 114 valence electrons. The molecule has 0 radical (unpaired) electrons. The number of rotatable bonds is 5. The molecule has 1 aliphatic carbocycles. The minimum atomic E-state index is -0.500. The summed E-state index contributed by atoms with van der Waals surface area (Å²) in [7, 11) is 1.29. The Kier molecular flexibility index (Phi) is 4.45. The Labute approximate surface area is 123 Å². The van der Waals surface area contributed by atoms with Gasteiger partial charge >= 0.3 is 5.97 Å². The van der Waals surface area contributed by atoms with Gasteiger partial charge in [-0.3, -0.25) is 10.1 Å². The maximum Gasteiger partial charge on any atom is 0.337 e. The van der Waals surface area contributed by atoms with Crippen LogP contribution < -0.4 is 5.32 Å². The molecule has 0 bridgehead atoms. The van der Waals surface area contributed by atoms with Crippen molar-refractivity contribution in [1.29, 1.82) is 0 Å². The van der Waals surface area contributed by atoms with Gasteiger partial charge in [-0.1, -0.05) is 19.8 Å². The molecule has 2 rings (SSSR count). The molecule has 0 unspecified atom stereocenters. The van der Waals surface area contributed by atoms with Gasteiger partial charge in [-0.2, -0.15) is 0 Å². The molecule has 21 heavy (non-hydrogen) atoms. The molecule has 0 aromatic heterocycles. The van der Waals surface area contributed by atoms with E-state index in [0.29, 0.717) is 17.8 Å².